The molecule has 2 heterocycles. The van der Waals surface area contributed by atoms with E-state index in [1.54, 1.807) is 4.90 Å². The molecule has 2 aromatic heterocycles. The van der Waals surface area contributed by atoms with Gasteiger partial charge in [-0.3, -0.25) is 4.90 Å². The van der Waals surface area contributed by atoms with Gasteiger partial charge in [0.25, 0.3) is 0 Å². The van der Waals surface area contributed by atoms with Crippen LogP contribution in [0.15, 0.2) is 60.8 Å². The van der Waals surface area contributed by atoms with Crippen LogP contribution in [0.4, 0.5) is 4.79 Å². The Hall–Kier alpha value is -5.05. The van der Waals surface area contributed by atoms with Crippen LogP contribution in [0.2, 0.25) is 0 Å². The van der Waals surface area contributed by atoms with E-state index in [-0.39, 0.29) is 18.1 Å². The third kappa shape index (κ3) is 8.34. The summed E-state index contributed by atoms with van der Waals surface area (Å²) in [6.07, 6.45) is 9.56. The molecule has 0 aliphatic heterocycles. The number of hydrogen-bond acceptors (Lipinski definition) is 5. The van der Waals surface area contributed by atoms with Crippen molar-refractivity contribution in [3.63, 3.8) is 0 Å². The van der Waals surface area contributed by atoms with Crippen molar-refractivity contribution in [1.82, 2.24) is 30.2 Å². The number of carbonyl (C=O) groups is 1. The van der Waals surface area contributed by atoms with Crippen molar-refractivity contribution in [3.8, 4) is 35.9 Å². The number of imidazole rings is 2. The molecule has 49 heavy (non-hydrogen) atoms. The Morgan fingerprint density at radius 1 is 0.959 bits per heavy atom. The van der Waals surface area contributed by atoms with E-state index in [4.69, 9.17) is 9.72 Å². The number of terminal acetylenes is 1. The fraction of sp³-hybridized carbons (Fsp3) is 0.390. The van der Waals surface area contributed by atoms with E-state index in [1.807, 2.05) is 58.2 Å². The van der Waals surface area contributed by atoms with Gasteiger partial charge in [0.05, 0.1) is 36.0 Å². The SMILES string of the molecule is C#C.CC1C(NCc2ncc(-c3ccc(C#Cc4ccc5c(ccc6[nH]c(CN(C(=O)OC(C)(C)C)[C@H](C)C(C)C)nc65)c4)cc3)[nH]2)[C@@H]1C. The highest BCUT2D eigenvalue weighted by molar-refractivity contribution is 6.04. The lowest BCUT2D eigenvalue weighted by atomic mass is 10.1. The largest absolute Gasteiger partial charge is 0.444 e. The van der Waals surface area contributed by atoms with Crippen molar-refractivity contribution in [2.75, 3.05) is 0 Å². The van der Waals surface area contributed by atoms with Crippen LogP contribution in [0.5, 0.6) is 0 Å². The van der Waals surface area contributed by atoms with Crippen LogP contribution in [-0.2, 0) is 17.8 Å². The third-order valence-corrected chi connectivity index (χ3v) is 9.42. The molecular weight excluding hydrogens is 608 g/mol. The van der Waals surface area contributed by atoms with Crippen LogP contribution >= 0.6 is 0 Å². The maximum absolute atomic E-state index is 13.1. The molecule has 254 valence electrons. The van der Waals surface area contributed by atoms with E-state index in [0.717, 1.165) is 74.2 Å². The Labute approximate surface area is 290 Å². The van der Waals surface area contributed by atoms with Crippen LogP contribution in [0.25, 0.3) is 33.1 Å². The Morgan fingerprint density at radius 3 is 2.29 bits per heavy atom. The maximum atomic E-state index is 13.1. The molecule has 0 spiro atoms. The summed E-state index contributed by atoms with van der Waals surface area (Å²) in [5, 5.41) is 5.69. The van der Waals surface area contributed by atoms with Gasteiger partial charge in [0.15, 0.2) is 0 Å². The van der Waals surface area contributed by atoms with Crippen molar-refractivity contribution >= 4 is 27.9 Å². The summed E-state index contributed by atoms with van der Waals surface area (Å²) in [5.41, 5.74) is 5.21. The van der Waals surface area contributed by atoms with Gasteiger partial charge in [-0.15, -0.1) is 12.8 Å². The standard InChI is InChI=1S/C39H46N6O2.C2H2/c1-23(2)26(5)45(38(46)47-39(6,7)8)22-35-42-32-18-16-30-19-28(13-17-31(30)37(32)44-35)10-9-27-11-14-29(15-12-27)33-20-40-34(43-33)21-41-36-24(3)25(36)4;1-2/h11-20,23-26,36,41H,21-22H2,1-8H3,(H,40,43)(H,42,44);1-2H/t24-,25?,26-,36?;/m1./s1. The van der Waals surface area contributed by atoms with Gasteiger partial charge in [-0.25, -0.2) is 14.8 Å². The molecule has 1 saturated carbocycles. The molecule has 3 N–H and O–H groups in total. The first-order valence-electron chi connectivity index (χ1n) is 17.0. The molecular formula is C41H48N6O2. The van der Waals surface area contributed by atoms with E-state index in [0.29, 0.717) is 12.6 Å². The number of carbonyl (C=O) groups excluding carboxylic acids is 1. The second-order valence-electron chi connectivity index (χ2n) is 14.4. The number of nitrogens with one attached hydrogen (secondary N) is 3. The smallest absolute Gasteiger partial charge is 0.410 e. The summed E-state index contributed by atoms with van der Waals surface area (Å²) in [5.74, 6) is 10.1. The first-order chi connectivity index (χ1) is 23.4. The van der Waals surface area contributed by atoms with Crippen LogP contribution in [-0.4, -0.2) is 48.6 Å². The molecule has 0 radical (unpaired) electrons. The highest BCUT2D eigenvalue weighted by atomic mass is 16.6. The number of ether oxygens (including phenoxy) is 1. The lowest BCUT2D eigenvalue weighted by molar-refractivity contribution is 0.0104. The highest BCUT2D eigenvalue weighted by Crippen LogP contribution is 2.37. The molecule has 8 nitrogen and oxygen atoms in total. The molecule has 4 atom stereocenters. The fourth-order valence-electron chi connectivity index (χ4n) is 5.95. The second-order valence-corrected chi connectivity index (χ2v) is 14.4. The molecule has 6 rings (SSSR count). The number of fused-ring (bicyclic) bond motifs is 3. The molecule has 1 aliphatic carbocycles. The van der Waals surface area contributed by atoms with Gasteiger partial charge in [0, 0.05) is 28.6 Å². The van der Waals surface area contributed by atoms with Crippen LogP contribution < -0.4 is 5.32 Å². The van der Waals surface area contributed by atoms with Gasteiger partial charge in [-0.05, 0) is 86.7 Å². The molecule has 2 unspecified atom stereocenters. The molecule has 8 heteroatoms. The molecule has 1 fully saturated rings. The molecule has 5 aromatic rings. The first kappa shape index (κ1) is 35.3. The van der Waals surface area contributed by atoms with Crippen molar-refractivity contribution in [1.29, 1.82) is 0 Å². The van der Waals surface area contributed by atoms with Crippen LogP contribution in [0, 0.1) is 42.4 Å². The zero-order chi connectivity index (χ0) is 35.5. The number of H-pyrrole nitrogens is 2. The van der Waals surface area contributed by atoms with Gasteiger partial charge in [0.2, 0.25) is 0 Å². The number of benzene rings is 3. The highest BCUT2D eigenvalue weighted by Gasteiger charge is 2.42. The second kappa shape index (κ2) is 14.6. The number of aromatic nitrogens is 4. The summed E-state index contributed by atoms with van der Waals surface area (Å²) in [7, 11) is 0. The van der Waals surface area contributed by atoms with Crippen molar-refractivity contribution < 1.29 is 9.53 Å². The minimum absolute atomic E-state index is 0.0159. The summed E-state index contributed by atoms with van der Waals surface area (Å²) in [6.45, 7) is 17.6. The predicted octanol–water partition coefficient (Wildman–Crippen LogP) is 8.28. The van der Waals surface area contributed by atoms with Crippen LogP contribution in [0.1, 0.15) is 78.2 Å². The number of rotatable bonds is 8. The van der Waals surface area contributed by atoms with Gasteiger partial charge < -0.3 is 20.0 Å². The molecule has 1 amide bonds. The first-order valence-corrected chi connectivity index (χ1v) is 17.0. The number of hydrogen-bond donors (Lipinski definition) is 3. The van der Waals surface area contributed by atoms with E-state index >= 15 is 0 Å². The molecule has 0 saturated heterocycles. The minimum atomic E-state index is -0.574. The Bertz CT molecular complexity index is 1990. The van der Waals surface area contributed by atoms with Crippen molar-refractivity contribution in [2.45, 2.75) is 86.2 Å². The monoisotopic (exact) mass is 656 g/mol. The Morgan fingerprint density at radius 2 is 1.63 bits per heavy atom. The minimum Gasteiger partial charge on any atom is -0.444 e. The number of amides is 1. The van der Waals surface area contributed by atoms with Gasteiger partial charge in [-0.2, -0.15) is 0 Å². The Kier molecular flexibility index (Phi) is 10.5. The van der Waals surface area contributed by atoms with Crippen molar-refractivity contribution in [2.24, 2.45) is 17.8 Å². The van der Waals surface area contributed by atoms with Crippen LogP contribution in [0.3, 0.4) is 0 Å². The number of nitrogens with zero attached hydrogens (tertiary/aromatic N) is 3. The maximum Gasteiger partial charge on any atom is 0.410 e. The molecule has 1 aliphatic rings. The number of aromatic amines is 2. The van der Waals surface area contributed by atoms with E-state index in [2.05, 4.69) is 103 Å². The van der Waals surface area contributed by atoms with Gasteiger partial charge >= 0.3 is 6.09 Å². The zero-order valence-corrected chi connectivity index (χ0v) is 29.9. The van der Waals surface area contributed by atoms with Crippen molar-refractivity contribution in [3.05, 3.63) is 83.6 Å². The molecule has 3 aromatic carbocycles. The molecule has 0 bridgehead atoms. The van der Waals surface area contributed by atoms with E-state index < -0.39 is 5.60 Å². The summed E-state index contributed by atoms with van der Waals surface area (Å²) < 4.78 is 5.73. The Balaban J connectivity index is 0.00000230. The van der Waals surface area contributed by atoms with E-state index in [1.165, 1.54) is 0 Å². The van der Waals surface area contributed by atoms with E-state index in [9.17, 15) is 4.79 Å². The predicted molar refractivity (Wildman–Crippen MR) is 199 cm³/mol. The normalized spacial score (nSPS) is 17.6. The average Bonchev–Trinajstić information content (AvgIpc) is 3.43. The topological polar surface area (TPSA) is 98.9 Å². The quantitative estimate of drug-likeness (QED) is 0.146. The lowest BCUT2D eigenvalue weighted by Crippen LogP contribution is -2.44. The summed E-state index contributed by atoms with van der Waals surface area (Å²) in [6, 6.07) is 19.2. The van der Waals surface area contributed by atoms with Gasteiger partial charge in [-0.1, -0.05) is 63.8 Å². The zero-order valence-electron chi connectivity index (χ0n) is 29.9. The third-order valence-electron chi connectivity index (χ3n) is 9.42. The lowest BCUT2D eigenvalue weighted by Gasteiger charge is -2.33. The fourth-order valence-corrected chi connectivity index (χ4v) is 5.95. The summed E-state index contributed by atoms with van der Waals surface area (Å²) >= 11 is 0. The van der Waals surface area contributed by atoms with Gasteiger partial charge in [0.1, 0.15) is 17.2 Å². The average molecular weight is 657 g/mol. The summed E-state index contributed by atoms with van der Waals surface area (Å²) in [4.78, 5) is 31.2.